The van der Waals surface area contributed by atoms with E-state index in [9.17, 15) is 4.79 Å². The molecule has 3 N–H and O–H groups in total. The zero-order chi connectivity index (χ0) is 15.8. The van der Waals surface area contributed by atoms with Gasteiger partial charge in [0.25, 0.3) is 0 Å². The minimum absolute atomic E-state index is 0.164. The van der Waals surface area contributed by atoms with Gasteiger partial charge < -0.3 is 16.0 Å². The van der Waals surface area contributed by atoms with E-state index in [1.54, 1.807) is 18.3 Å². The van der Waals surface area contributed by atoms with E-state index in [4.69, 9.17) is 5.73 Å². The Kier molecular flexibility index (Phi) is 6.67. The number of hydrogen-bond acceptors (Lipinski definition) is 4. The van der Waals surface area contributed by atoms with Crippen LogP contribution in [0.3, 0.4) is 0 Å². The average molecular weight is 323 g/mol. The number of nitrogens with zero attached hydrogens (tertiary/aromatic N) is 3. The molecule has 0 aromatic carbocycles. The largest absolute Gasteiger partial charge is 0.370 e. The Balaban J connectivity index is 1.57. The van der Waals surface area contributed by atoms with Crippen LogP contribution in [0.15, 0.2) is 22.5 Å². The summed E-state index contributed by atoms with van der Waals surface area (Å²) in [7, 11) is 0. The fourth-order valence-corrected chi connectivity index (χ4v) is 3.13. The molecule has 0 radical (unpaired) electrons. The lowest BCUT2D eigenvalue weighted by molar-refractivity contribution is -0.130. The van der Waals surface area contributed by atoms with Crippen LogP contribution in [0, 0.1) is 0 Å². The molecule has 0 spiro atoms. The Bertz CT molecular complexity index is 480. The van der Waals surface area contributed by atoms with Crippen molar-refractivity contribution in [3.8, 4) is 0 Å². The molecule has 1 fully saturated rings. The molecule has 1 aromatic rings. The Morgan fingerprint density at radius 1 is 1.41 bits per heavy atom. The number of guanidine groups is 1. The number of nitrogens with two attached hydrogens (primary N) is 1. The standard InChI is InChI=1S/C15H25N5OS/c1-13(21)20-10-8-19(9-11-20)7-6-18-15(16)17-5-4-14-3-2-12-22-14/h2-3,12H,4-11H2,1H3,(H3,16,17,18). The van der Waals surface area contributed by atoms with Gasteiger partial charge in [-0.25, -0.2) is 0 Å². The monoisotopic (exact) mass is 323 g/mol. The lowest BCUT2D eigenvalue weighted by Crippen LogP contribution is -2.48. The molecule has 0 saturated carbocycles. The molecule has 1 saturated heterocycles. The van der Waals surface area contributed by atoms with Crippen molar-refractivity contribution >= 4 is 23.2 Å². The summed E-state index contributed by atoms with van der Waals surface area (Å²) < 4.78 is 0. The van der Waals surface area contributed by atoms with E-state index in [-0.39, 0.29) is 5.91 Å². The van der Waals surface area contributed by atoms with E-state index in [1.807, 2.05) is 4.90 Å². The number of piperazine rings is 1. The maximum atomic E-state index is 11.3. The van der Waals surface area contributed by atoms with E-state index in [0.29, 0.717) is 12.5 Å². The number of carbonyl (C=O) groups is 1. The summed E-state index contributed by atoms with van der Waals surface area (Å²) >= 11 is 1.76. The second-order valence-corrected chi connectivity index (χ2v) is 6.40. The van der Waals surface area contributed by atoms with Crippen LogP contribution in [0.1, 0.15) is 11.8 Å². The van der Waals surface area contributed by atoms with Crippen molar-refractivity contribution in [1.29, 1.82) is 0 Å². The molecule has 0 bridgehead atoms. The zero-order valence-corrected chi connectivity index (χ0v) is 13.9. The molecule has 0 aliphatic carbocycles. The first-order valence-corrected chi connectivity index (χ1v) is 8.57. The van der Waals surface area contributed by atoms with Crippen molar-refractivity contribution in [3.05, 3.63) is 22.4 Å². The fourth-order valence-electron chi connectivity index (χ4n) is 2.42. The lowest BCUT2D eigenvalue weighted by Gasteiger charge is -2.33. The maximum Gasteiger partial charge on any atom is 0.219 e. The van der Waals surface area contributed by atoms with E-state index >= 15 is 0 Å². The lowest BCUT2D eigenvalue weighted by atomic mass is 10.3. The van der Waals surface area contributed by atoms with Crippen LogP contribution in [0.2, 0.25) is 0 Å². The topological polar surface area (TPSA) is 74.0 Å². The molecular weight excluding hydrogens is 298 g/mol. The maximum absolute atomic E-state index is 11.3. The molecule has 22 heavy (non-hydrogen) atoms. The first kappa shape index (κ1) is 16.8. The molecule has 0 atom stereocenters. The summed E-state index contributed by atoms with van der Waals surface area (Å²) in [5.74, 6) is 0.677. The highest BCUT2D eigenvalue weighted by Gasteiger charge is 2.17. The van der Waals surface area contributed by atoms with Crippen molar-refractivity contribution in [2.75, 3.05) is 45.8 Å². The highest BCUT2D eigenvalue weighted by molar-refractivity contribution is 7.09. The Labute approximate surface area is 136 Å². The molecule has 2 rings (SSSR count). The van der Waals surface area contributed by atoms with Gasteiger partial charge in [-0.1, -0.05) is 6.07 Å². The predicted octanol–water partition coefficient (Wildman–Crippen LogP) is 0.359. The highest BCUT2D eigenvalue weighted by atomic mass is 32.1. The number of rotatable bonds is 6. The van der Waals surface area contributed by atoms with Crippen LogP contribution in [-0.2, 0) is 11.2 Å². The van der Waals surface area contributed by atoms with Crippen molar-refractivity contribution in [2.24, 2.45) is 10.7 Å². The summed E-state index contributed by atoms with van der Waals surface area (Å²) in [5.41, 5.74) is 5.86. The van der Waals surface area contributed by atoms with Crippen LogP contribution >= 0.6 is 11.3 Å². The van der Waals surface area contributed by atoms with Gasteiger partial charge in [0.05, 0.1) is 6.54 Å². The third kappa shape index (κ3) is 5.65. The number of thiophene rings is 1. The Morgan fingerprint density at radius 2 is 2.18 bits per heavy atom. The second-order valence-electron chi connectivity index (χ2n) is 5.37. The smallest absolute Gasteiger partial charge is 0.219 e. The molecule has 122 valence electrons. The minimum Gasteiger partial charge on any atom is -0.370 e. The number of carbonyl (C=O) groups excluding carboxylic acids is 1. The molecule has 1 aliphatic rings. The molecule has 0 unspecified atom stereocenters. The van der Waals surface area contributed by atoms with Gasteiger partial charge in [-0.2, -0.15) is 0 Å². The Hall–Kier alpha value is -1.60. The molecule has 1 aromatic heterocycles. The van der Waals surface area contributed by atoms with E-state index in [0.717, 1.165) is 45.7 Å². The molecule has 6 nitrogen and oxygen atoms in total. The van der Waals surface area contributed by atoms with E-state index < -0.39 is 0 Å². The minimum atomic E-state index is 0.164. The van der Waals surface area contributed by atoms with Crippen molar-refractivity contribution in [1.82, 2.24) is 15.1 Å². The quantitative estimate of drug-likeness (QED) is 0.585. The van der Waals surface area contributed by atoms with Gasteiger partial charge in [0.1, 0.15) is 0 Å². The first-order valence-electron chi connectivity index (χ1n) is 7.69. The number of amides is 1. The number of aliphatic imine (C=N–C) groups is 1. The van der Waals surface area contributed by atoms with Gasteiger partial charge in [-0.15, -0.1) is 11.3 Å². The number of hydrogen-bond donors (Lipinski definition) is 2. The number of nitrogens with one attached hydrogen (secondary N) is 1. The van der Waals surface area contributed by atoms with Crippen LogP contribution in [0.5, 0.6) is 0 Å². The normalized spacial score (nSPS) is 16.8. The van der Waals surface area contributed by atoms with E-state index in [2.05, 4.69) is 32.7 Å². The summed E-state index contributed by atoms with van der Waals surface area (Å²) in [4.78, 5) is 21.2. The second kappa shape index (κ2) is 8.75. The fraction of sp³-hybridized carbons (Fsp3) is 0.600. The average Bonchev–Trinajstić information content (AvgIpc) is 3.01. The van der Waals surface area contributed by atoms with Gasteiger partial charge in [-0.05, 0) is 17.9 Å². The van der Waals surface area contributed by atoms with Crippen LogP contribution in [0.25, 0.3) is 0 Å². The van der Waals surface area contributed by atoms with Gasteiger partial charge in [0, 0.05) is 51.1 Å². The molecule has 1 aliphatic heterocycles. The summed E-state index contributed by atoms with van der Waals surface area (Å²) in [5, 5.41) is 5.23. The van der Waals surface area contributed by atoms with Gasteiger partial charge in [0.2, 0.25) is 5.91 Å². The van der Waals surface area contributed by atoms with Crippen molar-refractivity contribution in [3.63, 3.8) is 0 Å². The summed E-state index contributed by atoms with van der Waals surface area (Å²) in [6.07, 6.45) is 0.973. The summed E-state index contributed by atoms with van der Waals surface area (Å²) in [6, 6.07) is 4.18. The van der Waals surface area contributed by atoms with Gasteiger partial charge in [-0.3, -0.25) is 14.7 Å². The van der Waals surface area contributed by atoms with Crippen LogP contribution in [0.4, 0.5) is 0 Å². The van der Waals surface area contributed by atoms with Gasteiger partial charge >= 0.3 is 0 Å². The Morgan fingerprint density at radius 3 is 2.82 bits per heavy atom. The predicted molar refractivity (Wildman–Crippen MR) is 91.2 cm³/mol. The molecule has 7 heteroatoms. The van der Waals surface area contributed by atoms with Crippen LogP contribution in [-0.4, -0.2) is 67.5 Å². The first-order chi connectivity index (χ1) is 10.6. The van der Waals surface area contributed by atoms with Crippen molar-refractivity contribution in [2.45, 2.75) is 13.3 Å². The van der Waals surface area contributed by atoms with Crippen molar-refractivity contribution < 1.29 is 4.79 Å². The molecule has 2 heterocycles. The SMILES string of the molecule is CC(=O)N1CCN(CCN=C(N)NCCc2cccs2)CC1. The highest BCUT2D eigenvalue weighted by Crippen LogP contribution is 2.07. The molecule has 1 amide bonds. The zero-order valence-electron chi connectivity index (χ0n) is 13.1. The van der Waals surface area contributed by atoms with Gasteiger partial charge in [0.15, 0.2) is 5.96 Å². The third-order valence-electron chi connectivity index (χ3n) is 3.77. The third-order valence-corrected chi connectivity index (χ3v) is 4.71. The van der Waals surface area contributed by atoms with E-state index in [1.165, 1.54) is 4.88 Å². The van der Waals surface area contributed by atoms with Crippen LogP contribution < -0.4 is 11.1 Å². The summed E-state index contributed by atoms with van der Waals surface area (Å²) in [6.45, 7) is 7.48. The molecular formula is C15H25N5OS.